The van der Waals surface area contributed by atoms with Gasteiger partial charge < -0.3 is 10.4 Å². The highest BCUT2D eigenvalue weighted by molar-refractivity contribution is 7.13. The van der Waals surface area contributed by atoms with Gasteiger partial charge in [0, 0.05) is 18.0 Å². The fourth-order valence-electron chi connectivity index (χ4n) is 1.36. The Kier molecular flexibility index (Phi) is 5.93. The summed E-state index contributed by atoms with van der Waals surface area (Å²) >= 11 is 1.43. The predicted octanol–water partition coefficient (Wildman–Crippen LogP) is 1.99. The summed E-state index contributed by atoms with van der Waals surface area (Å²) in [5.74, 6) is 0. The maximum Gasteiger partial charge on any atom is 0.321 e. The summed E-state index contributed by atoms with van der Waals surface area (Å²) in [6.07, 6.45) is 2.52. The molecule has 1 rings (SSSR count). The molecule has 0 fully saturated rings. The van der Waals surface area contributed by atoms with Gasteiger partial charge in [-0.2, -0.15) is 0 Å². The standard InChI is InChI=1S/C11H19N3O2S/c1-3-4-9-7-17-11(13-9)14-10(16)12-8(2)5-6-15/h7-8,15H,3-6H2,1-2H3,(H2,12,13,14,16). The van der Waals surface area contributed by atoms with Crippen LogP contribution in [-0.2, 0) is 6.42 Å². The summed E-state index contributed by atoms with van der Waals surface area (Å²) < 4.78 is 0. The molecule has 5 nitrogen and oxygen atoms in total. The van der Waals surface area contributed by atoms with E-state index in [4.69, 9.17) is 5.11 Å². The SMILES string of the molecule is CCCc1csc(NC(=O)NC(C)CCO)n1. The molecule has 1 unspecified atom stereocenters. The van der Waals surface area contributed by atoms with Crippen molar-refractivity contribution in [2.75, 3.05) is 11.9 Å². The first kappa shape index (κ1) is 13.9. The number of aliphatic hydroxyl groups is 1. The second kappa shape index (κ2) is 7.24. The molecule has 0 bridgehead atoms. The zero-order chi connectivity index (χ0) is 12.7. The first-order chi connectivity index (χ1) is 8.15. The van der Waals surface area contributed by atoms with Crippen LogP contribution in [0.2, 0.25) is 0 Å². The first-order valence-electron chi connectivity index (χ1n) is 5.78. The lowest BCUT2D eigenvalue weighted by Crippen LogP contribution is -2.36. The molecule has 2 amide bonds. The highest BCUT2D eigenvalue weighted by atomic mass is 32.1. The maximum absolute atomic E-state index is 11.5. The van der Waals surface area contributed by atoms with Crippen molar-refractivity contribution in [3.63, 3.8) is 0 Å². The van der Waals surface area contributed by atoms with Crippen LogP contribution in [0.1, 0.15) is 32.4 Å². The molecule has 0 aromatic carbocycles. The zero-order valence-corrected chi connectivity index (χ0v) is 11.0. The predicted molar refractivity (Wildman–Crippen MR) is 69.4 cm³/mol. The molecule has 1 heterocycles. The van der Waals surface area contributed by atoms with Crippen molar-refractivity contribution < 1.29 is 9.90 Å². The Morgan fingerprint density at radius 3 is 3.06 bits per heavy atom. The van der Waals surface area contributed by atoms with Gasteiger partial charge >= 0.3 is 6.03 Å². The first-order valence-corrected chi connectivity index (χ1v) is 6.66. The molecule has 3 N–H and O–H groups in total. The van der Waals surface area contributed by atoms with Gasteiger partial charge in [-0.15, -0.1) is 11.3 Å². The number of aliphatic hydroxyl groups excluding tert-OH is 1. The lowest BCUT2D eigenvalue weighted by molar-refractivity contribution is 0.241. The molecule has 0 saturated heterocycles. The Labute approximate surface area is 105 Å². The van der Waals surface area contributed by atoms with E-state index >= 15 is 0 Å². The second-order valence-corrected chi connectivity index (χ2v) is 4.76. The van der Waals surface area contributed by atoms with E-state index in [9.17, 15) is 4.79 Å². The Hall–Kier alpha value is -1.14. The van der Waals surface area contributed by atoms with Crippen LogP contribution in [0.25, 0.3) is 0 Å². The van der Waals surface area contributed by atoms with Crippen LogP contribution >= 0.6 is 11.3 Å². The summed E-state index contributed by atoms with van der Waals surface area (Å²) in [6, 6.07) is -0.321. The molecule has 1 aromatic heterocycles. The number of carbonyl (C=O) groups is 1. The van der Waals surface area contributed by atoms with Gasteiger partial charge in [-0.05, 0) is 19.8 Å². The molecule has 0 radical (unpaired) electrons. The van der Waals surface area contributed by atoms with Crippen LogP contribution in [0.3, 0.4) is 0 Å². The van der Waals surface area contributed by atoms with E-state index in [0.717, 1.165) is 18.5 Å². The van der Waals surface area contributed by atoms with Crippen LogP contribution in [0.5, 0.6) is 0 Å². The largest absolute Gasteiger partial charge is 0.396 e. The fraction of sp³-hybridized carbons (Fsp3) is 0.636. The van der Waals surface area contributed by atoms with E-state index in [0.29, 0.717) is 11.6 Å². The van der Waals surface area contributed by atoms with Crippen molar-refractivity contribution in [2.45, 2.75) is 39.2 Å². The molecular weight excluding hydrogens is 238 g/mol. The number of hydrogen-bond donors (Lipinski definition) is 3. The van der Waals surface area contributed by atoms with Crippen LogP contribution in [0, 0.1) is 0 Å². The smallest absolute Gasteiger partial charge is 0.321 e. The molecule has 1 aromatic rings. The van der Waals surface area contributed by atoms with Gasteiger partial charge in [0.05, 0.1) is 5.69 Å². The molecule has 1 atom stereocenters. The second-order valence-electron chi connectivity index (χ2n) is 3.91. The molecule has 0 aliphatic rings. The van der Waals surface area contributed by atoms with Crippen molar-refractivity contribution in [1.82, 2.24) is 10.3 Å². The van der Waals surface area contributed by atoms with E-state index < -0.39 is 0 Å². The van der Waals surface area contributed by atoms with Gasteiger partial charge in [0.1, 0.15) is 0 Å². The number of aryl methyl sites for hydroxylation is 1. The molecular formula is C11H19N3O2S. The van der Waals surface area contributed by atoms with Crippen LogP contribution in [0.15, 0.2) is 5.38 Å². The van der Waals surface area contributed by atoms with Crippen molar-refractivity contribution in [1.29, 1.82) is 0 Å². The van der Waals surface area contributed by atoms with E-state index in [-0.39, 0.29) is 18.7 Å². The number of rotatable bonds is 6. The number of thiazole rings is 1. The summed E-state index contributed by atoms with van der Waals surface area (Å²) in [5.41, 5.74) is 1.01. The summed E-state index contributed by atoms with van der Waals surface area (Å²) in [7, 11) is 0. The average molecular weight is 257 g/mol. The minimum atomic E-state index is -0.275. The zero-order valence-electron chi connectivity index (χ0n) is 10.2. The maximum atomic E-state index is 11.5. The van der Waals surface area contributed by atoms with Crippen molar-refractivity contribution in [2.24, 2.45) is 0 Å². The summed E-state index contributed by atoms with van der Waals surface area (Å²) in [6.45, 7) is 4.01. The van der Waals surface area contributed by atoms with Gasteiger partial charge in [-0.25, -0.2) is 9.78 Å². The molecule has 17 heavy (non-hydrogen) atoms. The molecule has 0 aliphatic carbocycles. The normalized spacial score (nSPS) is 12.2. The number of anilines is 1. The third-order valence-electron chi connectivity index (χ3n) is 2.22. The van der Waals surface area contributed by atoms with Crippen molar-refractivity contribution >= 4 is 22.5 Å². The van der Waals surface area contributed by atoms with E-state index in [2.05, 4.69) is 22.5 Å². The third-order valence-corrected chi connectivity index (χ3v) is 3.02. The molecule has 0 saturated carbocycles. The van der Waals surface area contributed by atoms with Gasteiger partial charge in [0.25, 0.3) is 0 Å². The Morgan fingerprint density at radius 1 is 1.65 bits per heavy atom. The number of amides is 2. The van der Waals surface area contributed by atoms with Gasteiger partial charge in [-0.1, -0.05) is 13.3 Å². The average Bonchev–Trinajstić information content (AvgIpc) is 2.66. The Bertz CT molecular complexity index is 354. The monoisotopic (exact) mass is 257 g/mol. The van der Waals surface area contributed by atoms with Crippen molar-refractivity contribution in [3.8, 4) is 0 Å². The molecule has 6 heteroatoms. The minimum Gasteiger partial charge on any atom is -0.396 e. The van der Waals surface area contributed by atoms with Gasteiger partial charge in [0.15, 0.2) is 5.13 Å². The molecule has 0 aliphatic heterocycles. The summed E-state index contributed by atoms with van der Waals surface area (Å²) in [5, 5.41) is 16.7. The number of urea groups is 1. The van der Waals surface area contributed by atoms with Crippen LogP contribution in [0.4, 0.5) is 9.93 Å². The third kappa shape index (κ3) is 5.14. The number of hydrogen-bond acceptors (Lipinski definition) is 4. The molecule has 0 spiro atoms. The minimum absolute atomic E-state index is 0.0462. The number of aromatic nitrogens is 1. The fourth-order valence-corrected chi connectivity index (χ4v) is 2.10. The van der Waals surface area contributed by atoms with E-state index in [1.54, 1.807) is 0 Å². The lowest BCUT2D eigenvalue weighted by atomic mass is 10.2. The highest BCUT2D eigenvalue weighted by Gasteiger charge is 2.08. The van der Waals surface area contributed by atoms with E-state index in [1.165, 1.54) is 11.3 Å². The topological polar surface area (TPSA) is 74.2 Å². The number of nitrogens with zero attached hydrogens (tertiary/aromatic N) is 1. The quantitative estimate of drug-likeness (QED) is 0.729. The lowest BCUT2D eigenvalue weighted by Gasteiger charge is -2.11. The number of nitrogens with one attached hydrogen (secondary N) is 2. The van der Waals surface area contributed by atoms with E-state index in [1.807, 2.05) is 12.3 Å². The Balaban J connectivity index is 2.39. The van der Waals surface area contributed by atoms with Crippen LogP contribution < -0.4 is 10.6 Å². The molecule has 96 valence electrons. The Morgan fingerprint density at radius 2 is 2.41 bits per heavy atom. The van der Waals surface area contributed by atoms with Crippen molar-refractivity contribution in [3.05, 3.63) is 11.1 Å². The highest BCUT2D eigenvalue weighted by Crippen LogP contribution is 2.16. The van der Waals surface area contributed by atoms with Gasteiger partial charge in [-0.3, -0.25) is 5.32 Å². The van der Waals surface area contributed by atoms with Gasteiger partial charge in [0.2, 0.25) is 0 Å². The number of carbonyl (C=O) groups excluding carboxylic acids is 1. The van der Waals surface area contributed by atoms with Crippen LogP contribution in [-0.4, -0.2) is 28.8 Å². The summed E-state index contributed by atoms with van der Waals surface area (Å²) in [4.78, 5) is 15.8.